The third kappa shape index (κ3) is 1.23. The molecule has 0 aromatic rings. The van der Waals surface area contributed by atoms with E-state index in [1.807, 2.05) is 20.9 Å². The van der Waals surface area contributed by atoms with Crippen molar-refractivity contribution in [2.45, 2.75) is 43.6 Å². The van der Waals surface area contributed by atoms with E-state index >= 15 is 0 Å². The van der Waals surface area contributed by atoms with Crippen molar-refractivity contribution in [2.24, 2.45) is 5.92 Å². The zero-order valence-corrected chi connectivity index (χ0v) is 12.9. The first-order chi connectivity index (χ1) is 7.34. The van der Waals surface area contributed by atoms with Crippen LogP contribution in [0.3, 0.4) is 0 Å². The molecule has 0 aromatic heterocycles. The molecule has 1 saturated heterocycles. The van der Waals surface area contributed by atoms with Crippen molar-refractivity contribution in [3.8, 4) is 0 Å². The Morgan fingerprint density at radius 3 is 2.50 bits per heavy atom. The summed E-state index contributed by atoms with van der Waals surface area (Å²) in [5.41, 5.74) is 1.19. The Hall–Kier alpha value is -0.200. The molecule has 3 nitrogen and oxygen atoms in total. The van der Waals surface area contributed by atoms with Crippen LogP contribution in [0.2, 0.25) is 3.46 Å². The van der Waals surface area contributed by atoms with Gasteiger partial charge in [-0.3, -0.25) is 0 Å². The van der Waals surface area contributed by atoms with E-state index in [9.17, 15) is 7.90 Å². The van der Waals surface area contributed by atoms with Gasteiger partial charge in [0.1, 0.15) is 0 Å². The molecule has 4 heteroatoms. The van der Waals surface area contributed by atoms with Gasteiger partial charge in [-0.2, -0.15) is 0 Å². The second kappa shape index (κ2) is 3.65. The van der Waals surface area contributed by atoms with Crippen LogP contribution in [0, 0.1) is 5.92 Å². The monoisotopic (exact) mass is 339 g/mol. The number of carbonyl (C=O) groups excluding carboxylic acids is 1. The molecule has 1 amide bonds. The quantitative estimate of drug-likeness (QED) is 0.571. The summed E-state index contributed by atoms with van der Waals surface area (Å²) >= 11 is -2.65. The number of allylic oxidation sites excluding steroid dienone is 1. The number of fused-ring (bicyclic) bond motifs is 1. The Bertz CT molecular complexity index is 413. The van der Waals surface area contributed by atoms with Crippen molar-refractivity contribution >= 4 is 25.4 Å². The van der Waals surface area contributed by atoms with Gasteiger partial charge in [0.05, 0.1) is 0 Å². The molecular weight excluding hydrogens is 318 g/mol. The van der Waals surface area contributed by atoms with Crippen molar-refractivity contribution in [3.05, 3.63) is 9.19 Å². The fourth-order valence-corrected chi connectivity index (χ4v) is 9.59. The Morgan fingerprint density at radius 1 is 1.44 bits per heavy atom. The fraction of sp³-hybridized carbons (Fsp3) is 0.750. The first-order valence-corrected chi connectivity index (χ1v) is 8.98. The van der Waals surface area contributed by atoms with Crippen molar-refractivity contribution < 1.29 is 7.90 Å². The summed E-state index contributed by atoms with van der Waals surface area (Å²) in [6, 6.07) is 0.136. The van der Waals surface area contributed by atoms with Gasteiger partial charge < -0.3 is 0 Å². The summed E-state index contributed by atoms with van der Waals surface area (Å²) in [4.78, 5) is 13.9. The van der Waals surface area contributed by atoms with E-state index in [4.69, 9.17) is 0 Å². The second-order valence-corrected chi connectivity index (χ2v) is 10.7. The van der Waals surface area contributed by atoms with Crippen LogP contribution in [0.4, 0.5) is 0 Å². The van der Waals surface area contributed by atoms with Crippen LogP contribution in [0.25, 0.3) is 0 Å². The standard InChI is InChI=1S/C12H19NO2Te/c1-7(2)6-12-10(13(5)11(12)14)8(3)9(4)16(12)15/h7,10H,6H2,1-5H3/t10-,12+/m0/s1. The van der Waals surface area contributed by atoms with Crippen LogP contribution in [0.15, 0.2) is 9.19 Å². The number of hydrogen-bond acceptors (Lipinski definition) is 2. The number of amides is 1. The van der Waals surface area contributed by atoms with E-state index < -0.39 is 23.0 Å². The summed E-state index contributed by atoms with van der Waals surface area (Å²) in [6.07, 6.45) is 0.788. The van der Waals surface area contributed by atoms with E-state index in [0.717, 1.165) is 10.0 Å². The molecule has 0 aliphatic carbocycles. The van der Waals surface area contributed by atoms with E-state index in [2.05, 4.69) is 13.8 Å². The number of carbonyl (C=O) groups is 1. The number of β-lactam (4-membered cyclic amide) rings is 1. The normalized spacial score (nSPS) is 34.8. The van der Waals surface area contributed by atoms with Crippen molar-refractivity contribution in [2.75, 3.05) is 7.05 Å². The van der Waals surface area contributed by atoms with Gasteiger partial charge in [0.15, 0.2) is 0 Å². The molecule has 0 unspecified atom stereocenters. The molecule has 0 saturated carbocycles. The number of hydrogen-bond donors (Lipinski definition) is 0. The summed E-state index contributed by atoms with van der Waals surface area (Å²) in [5.74, 6) is 0.546. The average Bonchev–Trinajstić information content (AvgIpc) is 2.38. The zero-order chi connectivity index (χ0) is 12.2. The molecule has 0 bridgehead atoms. The molecular formula is C12H19NO2Te. The van der Waals surface area contributed by atoms with Crippen molar-refractivity contribution in [1.29, 1.82) is 0 Å². The zero-order valence-electron chi connectivity index (χ0n) is 10.5. The van der Waals surface area contributed by atoms with Crippen LogP contribution in [0.1, 0.15) is 34.1 Å². The topological polar surface area (TPSA) is 37.4 Å². The number of likely N-dealkylation sites (tertiary alicyclic amines) is 1. The molecule has 2 atom stereocenters. The van der Waals surface area contributed by atoms with Crippen molar-refractivity contribution in [3.63, 3.8) is 0 Å². The summed E-state index contributed by atoms with van der Waals surface area (Å²) in [6.45, 7) is 8.20. The predicted molar refractivity (Wildman–Crippen MR) is 63.5 cm³/mol. The molecule has 2 rings (SSSR count). The van der Waals surface area contributed by atoms with Gasteiger partial charge in [-0.25, -0.2) is 0 Å². The summed E-state index contributed by atoms with van der Waals surface area (Å²) in [7, 11) is 1.83. The van der Waals surface area contributed by atoms with Gasteiger partial charge in [0.25, 0.3) is 0 Å². The first-order valence-electron chi connectivity index (χ1n) is 5.70. The molecule has 2 aliphatic rings. The van der Waals surface area contributed by atoms with Gasteiger partial charge in [-0.05, 0) is 0 Å². The molecule has 2 heterocycles. The molecule has 90 valence electrons. The molecule has 0 spiro atoms. The van der Waals surface area contributed by atoms with Crippen LogP contribution in [-0.2, 0) is 7.90 Å². The summed E-state index contributed by atoms with van der Waals surface area (Å²) in [5, 5.41) is 0. The van der Waals surface area contributed by atoms with E-state index in [-0.39, 0.29) is 11.9 Å². The Kier molecular flexibility index (Phi) is 2.79. The second-order valence-electron chi connectivity index (χ2n) is 5.31. The fourth-order valence-electron chi connectivity index (χ4n) is 3.09. The average molecular weight is 337 g/mol. The van der Waals surface area contributed by atoms with E-state index in [1.54, 1.807) is 4.90 Å². The molecule has 0 aromatic carbocycles. The van der Waals surface area contributed by atoms with Crippen LogP contribution >= 0.6 is 0 Å². The Labute approximate surface area is 104 Å². The minimum absolute atomic E-state index is 0.119. The maximum absolute atomic E-state index is 12.5. The van der Waals surface area contributed by atoms with E-state index in [0.29, 0.717) is 5.92 Å². The number of nitrogens with zero attached hydrogens (tertiary/aromatic N) is 1. The number of likely N-dealkylation sites (N-methyl/N-ethyl adjacent to an activating group) is 1. The van der Waals surface area contributed by atoms with E-state index in [1.165, 1.54) is 5.57 Å². The Morgan fingerprint density at radius 2 is 2.00 bits per heavy atom. The van der Waals surface area contributed by atoms with Crippen molar-refractivity contribution in [1.82, 2.24) is 4.90 Å². The third-order valence-electron chi connectivity index (χ3n) is 3.80. The molecule has 16 heavy (non-hydrogen) atoms. The van der Waals surface area contributed by atoms with Gasteiger partial charge in [-0.1, -0.05) is 0 Å². The molecule has 1 fully saturated rings. The third-order valence-corrected chi connectivity index (χ3v) is 9.80. The number of rotatable bonds is 2. The van der Waals surface area contributed by atoms with Gasteiger partial charge in [-0.15, -0.1) is 0 Å². The van der Waals surface area contributed by atoms with Crippen LogP contribution < -0.4 is 0 Å². The molecule has 2 aliphatic heterocycles. The van der Waals surface area contributed by atoms with Gasteiger partial charge in [0, 0.05) is 0 Å². The SMILES string of the molecule is CC1=C(C)[Te](=O)[C@@]2(CC(C)C)C(=O)N(C)[C@@H]12. The van der Waals surface area contributed by atoms with Crippen LogP contribution in [-0.4, -0.2) is 43.4 Å². The van der Waals surface area contributed by atoms with Crippen LogP contribution in [0.5, 0.6) is 0 Å². The maximum atomic E-state index is 12.5. The Balaban J connectivity index is 2.45. The summed E-state index contributed by atoms with van der Waals surface area (Å²) < 4.78 is 13.1. The molecule has 0 N–H and O–H groups in total. The van der Waals surface area contributed by atoms with Gasteiger partial charge in [0.2, 0.25) is 0 Å². The minimum atomic E-state index is -2.65. The predicted octanol–water partition coefficient (Wildman–Crippen LogP) is 1.92. The molecule has 0 radical (unpaired) electrons. The van der Waals surface area contributed by atoms with Gasteiger partial charge >= 0.3 is 104 Å². The first kappa shape index (κ1) is 12.3.